The van der Waals surface area contributed by atoms with E-state index in [0.29, 0.717) is 11.8 Å². The molecule has 2 radical (unpaired) electrons. The van der Waals surface area contributed by atoms with Gasteiger partial charge in [-0.25, -0.2) is 0 Å². The molecule has 0 spiro atoms. The van der Waals surface area contributed by atoms with Crippen LogP contribution in [-0.4, -0.2) is 0 Å². The van der Waals surface area contributed by atoms with Gasteiger partial charge in [0.2, 0.25) is 0 Å². The van der Waals surface area contributed by atoms with Crippen LogP contribution in [0, 0.1) is 29.1 Å². The van der Waals surface area contributed by atoms with Gasteiger partial charge in [-0.15, -0.1) is 0 Å². The monoisotopic (exact) mass is 590 g/mol. The van der Waals surface area contributed by atoms with Crippen LogP contribution in [0.25, 0.3) is 55.6 Å². The number of hydrogen-bond acceptors (Lipinski definition) is 0. The fourth-order valence-corrected chi connectivity index (χ4v) is 8.98. The van der Waals surface area contributed by atoms with Gasteiger partial charge in [0.1, 0.15) is 0 Å². The third-order valence-electron chi connectivity index (χ3n) is 11.2. The number of benzene rings is 6. The van der Waals surface area contributed by atoms with Crippen molar-refractivity contribution < 1.29 is 0 Å². The maximum absolute atomic E-state index is 2.48. The zero-order valence-corrected chi connectivity index (χ0v) is 26.6. The number of rotatable bonds is 0. The summed E-state index contributed by atoms with van der Waals surface area (Å²) in [6, 6.07) is 55.0. The summed E-state index contributed by atoms with van der Waals surface area (Å²) in [4.78, 5) is 0. The summed E-state index contributed by atoms with van der Waals surface area (Å²) >= 11 is 0. The Morgan fingerprint density at radius 3 is 0.674 bits per heavy atom. The Morgan fingerprint density at radius 2 is 0.478 bits per heavy atom. The van der Waals surface area contributed by atoms with Crippen LogP contribution < -0.4 is 0 Å². The summed E-state index contributed by atoms with van der Waals surface area (Å²) in [5, 5.41) is 0. The molecule has 14 bridgehead atoms. The third kappa shape index (κ3) is 4.50. The lowest BCUT2D eigenvalue weighted by Gasteiger charge is -2.35. The average Bonchev–Trinajstić information content (AvgIpc) is 3.65. The molecule has 0 saturated heterocycles. The maximum atomic E-state index is 2.48. The Hall–Kier alpha value is -4.68. The molecule has 2 unspecified atom stereocenters. The largest absolute Gasteiger partial charge is 0.0581 e. The zero-order valence-electron chi connectivity index (χ0n) is 26.6. The van der Waals surface area contributed by atoms with Crippen LogP contribution in [0.3, 0.4) is 0 Å². The van der Waals surface area contributed by atoms with E-state index in [0.717, 1.165) is 0 Å². The molecule has 12 aliphatic rings. The molecule has 46 heavy (non-hydrogen) atoms. The molecule has 0 heteroatoms. The van der Waals surface area contributed by atoms with Gasteiger partial charge >= 0.3 is 0 Å². The van der Waals surface area contributed by atoms with Gasteiger partial charge in [-0.05, 0) is 96.9 Å². The summed E-state index contributed by atoms with van der Waals surface area (Å²) in [7, 11) is 0. The van der Waals surface area contributed by atoms with Crippen LogP contribution >= 0.6 is 0 Å². The van der Waals surface area contributed by atoms with Crippen LogP contribution in [0.1, 0.15) is 44.2 Å². The first kappa shape index (κ1) is 27.6. The Labute approximate surface area is 273 Å². The summed E-state index contributed by atoms with van der Waals surface area (Å²) in [6.45, 7) is 4.96. The van der Waals surface area contributed by atoms with E-state index >= 15 is 0 Å². The molecule has 2 fully saturated rings. The molecule has 0 amide bonds. The highest BCUT2D eigenvalue weighted by Crippen LogP contribution is 2.66. The van der Waals surface area contributed by atoms with Crippen LogP contribution in [0.2, 0.25) is 0 Å². The summed E-state index contributed by atoms with van der Waals surface area (Å²) in [5.74, 6) is 4.55. The van der Waals surface area contributed by atoms with Crippen molar-refractivity contribution in [2.75, 3.05) is 0 Å². The molecular weight excluding hydrogens is 553 g/mol. The minimum Gasteiger partial charge on any atom is -0.0581 e. The van der Waals surface area contributed by atoms with Gasteiger partial charge in [0.05, 0.1) is 0 Å². The van der Waals surface area contributed by atoms with E-state index in [2.05, 4.69) is 159 Å². The zero-order chi connectivity index (χ0) is 30.8. The summed E-state index contributed by atoms with van der Waals surface area (Å²) < 4.78 is 0. The molecule has 2 saturated carbocycles. The van der Waals surface area contributed by atoms with Crippen molar-refractivity contribution in [3.8, 4) is 55.6 Å². The van der Waals surface area contributed by atoms with Crippen molar-refractivity contribution >= 4 is 0 Å². The second-order valence-corrected chi connectivity index (χ2v) is 14.1. The minimum absolute atomic E-state index is 0.0247. The first-order valence-corrected chi connectivity index (χ1v) is 16.9. The van der Waals surface area contributed by atoms with Crippen LogP contribution in [-0.2, 0) is 0 Å². The van der Waals surface area contributed by atoms with E-state index in [1.807, 2.05) is 0 Å². The standard InChI is InChI=1S/C46H38/c1-46(2)44-40-26-22-38(23-27-40)36-18-14-34(15-19-36)32-10-6-30(7-11-32)31-8-12-33(13-9-31)35-16-20-37(21-17-35)39-24-28-41(29-25-39)45(46)43-5-3-4-42(43)44/h6-29,42-43H,3-5H2,1-2H3. The first-order chi connectivity index (χ1) is 22.5. The second-order valence-electron chi connectivity index (χ2n) is 14.1. The van der Waals surface area contributed by atoms with E-state index in [1.165, 1.54) is 86.0 Å². The molecule has 0 N–H and O–H groups in total. The lowest BCUT2D eigenvalue weighted by atomic mass is 9.68. The molecule has 12 aliphatic carbocycles. The molecule has 0 aromatic heterocycles. The molecular formula is C46H38. The van der Waals surface area contributed by atoms with Crippen molar-refractivity contribution in [2.24, 2.45) is 17.3 Å². The van der Waals surface area contributed by atoms with Gasteiger partial charge < -0.3 is 0 Å². The average molecular weight is 591 g/mol. The maximum Gasteiger partial charge on any atom is 0.0149 e. The highest BCUT2D eigenvalue weighted by atomic mass is 14.6. The van der Waals surface area contributed by atoms with E-state index in [1.54, 1.807) is 11.8 Å². The molecule has 0 heterocycles. The highest BCUT2D eigenvalue weighted by molar-refractivity contribution is 5.76. The second kappa shape index (κ2) is 10.7. The topological polar surface area (TPSA) is 0 Å². The van der Waals surface area contributed by atoms with E-state index in [4.69, 9.17) is 0 Å². The van der Waals surface area contributed by atoms with Gasteiger partial charge in [-0.2, -0.15) is 0 Å². The van der Waals surface area contributed by atoms with Crippen LogP contribution in [0.4, 0.5) is 0 Å². The molecule has 18 rings (SSSR count). The SMILES string of the molecule is CC1(C)[C]2c3ccc(cc3)-c3ccc(cc3)-c3ccc(cc3)-c3ccc(cc3)-c3ccc(cc3)-c3ccc(cc3)[C]1C1CCCC21. The van der Waals surface area contributed by atoms with Crippen molar-refractivity contribution in [3.63, 3.8) is 0 Å². The lowest BCUT2D eigenvalue weighted by Crippen LogP contribution is -2.26. The van der Waals surface area contributed by atoms with Gasteiger partial charge in [0, 0.05) is 11.8 Å². The Kier molecular flexibility index (Phi) is 6.42. The first-order valence-electron chi connectivity index (χ1n) is 16.9. The minimum atomic E-state index is 0.0247. The molecule has 6 aromatic carbocycles. The van der Waals surface area contributed by atoms with E-state index in [9.17, 15) is 0 Å². The molecule has 0 nitrogen and oxygen atoms in total. The Morgan fingerprint density at radius 1 is 0.304 bits per heavy atom. The van der Waals surface area contributed by atoms with Crippen molar-refractivity contribution in [1.82, 2.24) is 0 Å². The lowest BCUT2D eigenvalue weighted by molar-refractivity contribution is 0.436. The van der Waals surface area contributed by atoms with E-state index < -0.39 is 0 Å². The van der Waals surface area contributed by atoms with Gasteiger partial charge in [-0.1, -0.05) is 166 Å². The fraction of sp³-hybridized carbons (Fsp3) is 0.174. The molecule has 2 atom stereocenters. The van der Waals surface area contributed by atoms with Gasteiger partial charge in [-0.3, -0.25) is 0 Å². The summed E-state index contributed by atoms with van der Waals surface area (Å²) in [6.07, 6.45) is 3.91. The van der Waals surface area contributed by atoms with Crippen LogP contribution in [0.15, 0.2) is 146 Å². The Balaban J connectivity index is 1.15. The summed E-state index contributed by atoms with van der Waals surface area (Å²) in [5.41, 5.74) is 15.4. The van der Waals surface area contributed by atoms with Crippen molar-refractivity contribution in [3.05, 3.63) is 169 Å². The van der Waals surface area contributed by atoms with E-state index in [-0.39, 0.29) is 5.41 Å². The molecule has 6 aromatic rings. The smallest absolute Gasteiger partial charge is 0.0149 e. The third-order valence-corrected chi connectivity index (χ3v) is 11.2. The fourth-order valence-electron chi connectivity index (χ4n) is 8.98. The predicted molar refractivity (Wildman–Crippen MR) is 193 cm³/mol. The highest BCUT2D eigenvalue weighted by Gasteiger charge is 2.57. The normalized spacial score (nSPS) is 19.7. The number of hydrogen-bond donors (Lipinski definition) is 0. The van der Waals surface area contributed by atoms with Crippen molar-refractivity contribution in [2.45, 2.75) is 33.1 Å². The molecule has 0 aliphatic heterocycles. The number of fused-ring (bicyclic) bond motifs is 1. The van der Waals surface area contributed by atoms with Crippen molar-refractivity contribution in [1.29, 1.82) is 0 Å². The van der Waals surface area contributed by atoms with Gasteiger partial charge in [0.25, 0.3) is 0 Å². The quantitative estimate of drug-likeness (QED) is 0.165. The predicted octanol–water partition coefficient (Wildman–Crippen LogP) is 12.3. The van der Waals surface area contributed by atoms with Gasteiger partial charge in [0.15, 0.2) is 0 Å². The Bertz CT molecular complexity index is 1840. The van der Waals surface area contributed by atoms with Crippen LogP contribution in [0.5, 0.6) is 0 Å². The molecule has 222 valence electrons.